The minimum Gasteiger partial charge on any atom is -0.496 e. The van der Waals surface area contributed by atoms with Crippen LogP contribution in [0.3, 0.4) is 0 Å². The van der Waals surface area contributed by atoms with Crippen LogP contribution >= 0.6 is 15.9 Å². The van der Waals surface area contributed by atoms with Crippen molar-refractivity contribution in [2.24, 2.45) is 0 Å². The zero-order valence-electron chi connectivity index (χ0n) is 15.2. The van der Waals surface area contributed by atoms with E-state index in [1.807, 2.05) is 0 Å². The average molecular weight is 437 g/mol. The van der Waals surface area contributed by atoms with Gasteiger partial charge in [-0.05, 0) is 53.0 Å². The van der Waals surface area contributed by atoms with Crippen molar-refractivity contribution in [1.29, 1.82) is 0 Å². The zero-order chi connectivity index (χ0) is 19.4. The molecule has 1 aliphatic rings. The van der Waals surface area contributed by atoms with Crippen molar-refractivity contribution < 1.29 is 23.5 Å². The van der Waals surface area contributed by atoms with Crippen LogP contribution in [0.5, 0.6) is 11.5 Å². The summed E-state index contributed by atoms with van der Waals surface area (Å²) in [6, 6.07) is 8.55. The molecule has 2 heterocycles. The fourth-order valence-corrected chi connectivity index (χ4v) is 3.45. The fourth-order valence-electron chi connectivity index (χ4n) is 3.14. The number of halogens is 1. The second-order valence-corrected chi connectivity index (χ2v) is 6.96. The van der Waals surface area contributed by atoms with E-state index >= 15 is 0 Å². The predicted molar refractivity (Wildman–Crippen MR) is 102 cm³/mol. The number of ether oxygens (including phenoxy) is 2. The van der Waals surface area contributed by atoms with Crippen LogP contribution in [0.4, 0.5) is 0 Å². The molecule has 1 aliphatic heterocycles. The number of nitrogens with zero attached hydrogens (tertiary/aromatic N) is 1. The number of hydrogen-bond donors (Lipinski definition) is 1. The van der Waals surface area contributed by atoms with E-state index in [0.717, 1.165) is 0 Å². The Morgan fingerprint density at radius 1 is 1.11 bits per heavy atom. The van der Waals surface area contributed by atoms with Crippen molar-refractivity contribution in [3.05, 3.63) is 46.3 Å². The zero-order valence-corrected chi connectivity index (χ0v) is 16.7. The Morgan fingerprint density at radius 2 is 1.74 bits per heavy atom. The van der Waals surface area contributed by atoms with Crippen LogP contribution in [0, 0.1) is 0 Å². The lowest BCUT2D eigenvalue weighted by atomic mass is 10.0. The number of likely N-dealkylation sites (tertiary alicyclic amines) is 1. The molecule has 7 nitrogen and oxygen atoms in total. The standard InChI is InChI=1S/C19H21BrN2O5/c1-25-13-4-3-5-14(26-2)17(13)19(24)22-10-8-12(9-11-22)21-18(23)15-6-7-16(20)27-15/h3-7,12H,8-11H2,1-2H3,(H,21,23). The molecule has 0 unspecified atom stereocenters. The maximum Gasteiger partial charge on any atom is 0.287 e. The molecule has 0 atom stereocenters. The maximum absolute atomic E-state index is 13.0. The van der Waals surface area contributed by atoms with Gasteiger partial charge in [-0.1, -0.05) is 6.07 Å². The minimum absolute atomic E-state index is 0.00927. The maximum atomic E-state index is 13.0. The molecule has 0 radical (unpaired) electrons. The SMILES string of the molecule is COc1cccc(OC)c1C(=O)N1CCC(NC(=O)c2ccc(Br)o2)CC1. The van der Waals surface area contributed by atoms with Crippen LogP contribution in [-0.4, -0.2) is 50.1 Å². The quantitative estimate of drug-likeness (QED) is 0.778. The highest BCUT2D eigenvalue weighted by Gasteiger charge is 2.28. The van der Waals surface area contributed by atoms with Crippen LogP contribution in [0.25, 0.3) is 0 Å². The highest BCUT2D eigenvalue weighted by molar-refractivity contribution is 9.10. The van der Waals surface area contributed by atoms with E-state index in [1.54, 1.807) is 35.2 Å². The van der Waals surface area contributed by atoms with E-state index in [0.29, 0.717) is 47.7 Å². The molecule has 0 bridgehead atoms. The number of carbonyl (C=O) groups is 2. The van der Waals surface area contributed by atoms with Gasteiger partial charge in [-0.3, -0.25) is 9.59 Å². The third-order valence-corrected chi connectivity index (χ3v) is 4.98. The van der Waals surface area contributed by atoms with Gasteiger partial charge in [-0.2, -0.15) is 0 Å². The van der Waals surface area contributed by atoms with Gasteiger partial charge >= 0.3 is 0 Å². The van der Waals surface area contributed by atoms with E-state index in [1.165, 1.54) is 14.2 Å². The van der Waals surface area contributed by atoms with Crippen molar-refractivity contribution in [3.63, 3.8) is 0 Å². The van der Waals surface area contributed by atoms with Crippen LogP contribution in [0.1, 0.15) is 33.8 Å². The van der Waals surface area contributed by atoms with Crippen LogP contribution in [-0.2, 0) is 0 Å². The van der Waals surface area contributed by atoms with Crippen molar-refractivity contribution in [3.8, 4) is 11.5 Å². The molecule has 1 N–H and O–H groups in total. The summed E-state index contributed by atoms with van der Waals surface area (Å²) in [7, 11) is 3.06. The molecule has 1 saturated heterocycles. The van der Waals surface area contributed by atoms with E-state index in [2.05, 4.69) is 21.2 Å². The Morgan fingerprint density at radius 3 is 2.26 bits per heavy atom. The highest BCUT2D eigenvalue weighted by atomic mass is 79.9. The minimum atomic E-state index is -0.253. The van der Waals surface area contributed by atoms with Gasteiger partial charge in [-0.25, -0.2) is 0 Å². The lowest BCUT2D eigenvalue weighted by Crippen LogP contribution is -2.46. The van der Waals surface area contributed by atoms with Crippen molar-refractivity contribution in [1.82, 2.24) is 10.2 Å². The summed E-state index contributed by atoms with van der Waals surface area (Å²) in [6.07, 6.45) is 1.33. The van der Waals surface area contributed by atoms with E-state index < -0.39 is 0 Å². The summed E-state index contributed by atoms with van der Waals surface area (Å²) in [5.41, 5.74) is 0.422. The number of amides is 2. The molecule has 1 aromatic carbocycles. The summed E-state index contributed by atoms with van der Waals surface area (Å²) >= 11 is 3.18. The summed E-state index contributed by atoms with van der Waals surface area (Å²) in [4.78, 5) is 26.9. The van der Waals surface area contributed by atoms with E-state index in [-0.39, 0.29) is 23.6 Å². The summed E-state index contributed by atoms with van der Waals surface area (Å²) in [5, 5.41) is 2.95. The molecule has 2 amide bonds. The second kappa shape index (κ2) is 8.47. The Bertz CT molecular complexity index is 805. The first kappa shape index (κ1) is 19.3. The molecule has 0 saturated carbocycles. The summed E-state index contributed by atoms with van der Waals surface area (Å²) in [5.74, 6) is 0.844. The molecule has 144 valence electrons. The molecule has 1 aromatic heterocycles. The summed E-state index contributed by atoms with van der Waals surface area (Å²) in [6.45, 7) is 1.07. The number of carbonyl (C=O) groups excluding carboxylic acids is 2. The lowest BCUT2D eigenvalue weighted by Gasteiger charge is -2.32. The first-order chi connectivity index (χ1) is 13.0. The van der Waals surface area contributed by atoms with Gasteiger partial charge in [0.25, 0.3) is 11.8 Å². The van der Waals surface area contributed by atoms with Gasteiger partial charge in [-0.15, -0.1) is 0 Å². The number of furan rings is 1. The monoisotopic (exact) mass is 436 g/mol. The number of methoxy groups -OCH3 is 2. The molecular weight excluding hydrogens is 416 g/mol. The Hall–Kier alpha value is -2.48. The molecule has 8 heteroatoms. The number of nitrogens with one attached hydrogen (secondary N) is 1. The molecule has 0 spiro atoms. The molecule has 3 rings (SSSR count). The molecular formula is C19H21BrN2O5. The normalized spacial score (nSPS) is 14.7. The Labute approximate surface area is 165 Å². The van der Waals surface area contributed by atoms with Gasteiger partial charge < -0.3 is 24.1 Å². The third kappa shape index (κ3) is 4.27. The van der Waals surface area contributed by atoms with Gasteiger partial charge in [0.1, 0.15) is 17.1 Å². The van der Waals surface area contributed by atoms with Crippen molar-refractivity contribution in [2.45, 2.75) is 18.9 Å². The topological polar surface area (TPSA) is 81.0 Å². The van der Waals surface area contributed by atoms with E-state index in [9.17, 15) is 9.59 Å². The van der Waals surface area contributed by atoms with Crippen LogP contribution in [0.15, 0.2) is 39.4 Å². The molecule has 1 fully saturated rings. The van der Waals surface area contributed by atoms with E-state index in [4.69, 9.17) is 13.9 Å². The van der Waals surface area contributed by atoms with Gasteiger partial charge in [0, 0.05) is 19.1 Å². The highest BCUT2D eigenvalue weighted by Crippen LogP contribution is 2.30. The average Bonchev–Trinajstić information content (AvgIpc) is 3.13. The van der Waals surface area contributed by atoms with Gasteiger partial charge in [0.05, 0.1) is 14.2 Å². The second-order valence-electron chi connectivity index (χ2n) is 6.18. The number of benzene rings is 1. The number of hydrogen-bond acceptors (Lipinski definition) is 5. The van der Waals surface area contributed by atoms with Crippen LogP contribution < -0.4 is 14.8 Å². The summed E-state index contributed by atoms with van der Waals surface area (Å²) < 4.78 is 16.4. The largest absolute Gasteiger partial charge is 0.496 e. The van der Waals surface area contributed by atoms with Gasteiger partial charge in [0.15, 0.2) is 10.4 Å². The number of piperidine rings is 1. The molecule has 2 aromatic rings. The first-order valence-corrected chi connectivity index (χ1v) is 9.39. The molecule has 0 aliphatic carbocycles. The molecule has 27 heavy (non-hydrogen) atoms. The Balaban J connectivity index is 1.62. The first-order valence-electron chi connectivity index (χ1n) is 8.60. The van der Waals surface area contributed by atoms with Crippen molar-refractivity contribution in [2.75, 3.05) is 27.3 Å². The fraction of sp³-hybridized carbons (Fsp3) is 0.368. The van der Waals surface area contributed by atoms with Crippen LogP contribution in [0.2, 0.25) is 0 Å². The van der Waals surface area contributed by atoms with Gasteiger partial charge in [0.2, 0.25) is 0 Å². The third-order valence-electron chi connectivity index (χ3n) is 4.56. The van der Waals surface area contributed by atoms with Crippen molar-refractivity contribution >= 4 is 27.7 Å². The lowest BCUT2D eigenvalue weighted by molar-refractivity contribution is 0.0689. The Kier molecular flexibility index (Phi) is 6.05. The smallest absolute Gasteiger partial charge is 0.287 e. The number of rotatable bonds is 5. The predicted octanol–water partition coefficient (Wildman–Crippen LogP) is 3.09.